The van der Waals surface area contributed by atoms with Crippen LogP contribution in [-0.2, 0) is 0 Å². The number of nitrogens with zero attached hydrogens (tertiary/aromatic N) is 2. The number of ether oxygens (including phenoxy) is 2. The average Bonchev–Trinajstić information content (AvgIpc) is 2.80. The Hall–Kier alpha value is -3.41. The maximum absolute atomic E-state index is 12.7. The second kappa shape index (κ2) is 9.39. The van der Waals surface area contributed by atoms with Gasteiger partial charge in [0.05, 0.1) is 7.11 Å². The fraction of sp³-hybridized carbons (Fsp3) is 0.292. The Labute approximate surface area is 176 Å². The quantitative estimate of drug-likeness (QED) is 0.626. The minimum absolute atomic E-state index is 0.0486. The molecule has 1 aliphatic rings. The molecule has 0 radical (unpaired) electrons. The van der Waals surface area contributed by atoms with Gasteiger partial charge in [0.1, 0.15) is 11.5 Å². The number of carbonyl (C=O) groups excluding carboxylic acids is 1. The fourth-order valence-electron chi connectivity index (χ4n) is 3.64. The highest BCUT2D eigenvalue weighted by atomic mass is 16.5. The predicted octanol–water partition coefficient (Wildman–Crippen LogP) is 5.01. The number of methoxy groups -OCH3 is 1. The molecule has 6 heteroatoms. The third-order valence-electron chi connectivity index (χ3n) is 5.22. The summed E-state index contributed by atoms with van der Waals surface area (Å²) in [4.78, 5) is 21.5. The van der Waals surface area contributed by atoms with Crippen molar-refractivity contribution in [1.82, 2.24) is 15.3 Å². The number of hydrogen-bond acceptors (Lipinski definition) is 5. The van der Waals surface area contributed by atoms with Gasteiger partial charge in [-0.3, -0.25) is 4.79 Å². The number of nitrogens with one attached hydrogen (secondary N) is 1. The molecule has 1 saturated carbocycles. The summed E-state index contributed by atoms with van der Waals surface area (Å²) in [7, 11) is 1.61. The van der Waals surface area contributed by atoms with E-state index in [9.17, 15) is 4.79 Å². The minimum Gasteiger partial charge on any atom is -0.497 e. The van der Waals surface area contributed by atoms with Crippen molar-refractivity contribution in [2.75, 3.05) is 7.11 Å². The Balaban J connectivity index is 1.50. The Kier molecular flexibility index (Phi) is 6.23. The second-order valence-corrected chi connectivity index (χ2v) is 7.39. The molecule has 1 heterocycles. The maximum Gasteiger partial charge on any atom is 0.251 e. The van der Waals surface area contributed by atoms with Gasteiger partial charge in [0.15, 0.2) is 5.82 Å². The minimum atomic E-state index is -0.0486. The van der Waals surface area contributed by atoms with E-state index in [1.54, 1.807) is 25.4 Å². The van der Waals surface area contributed by atoms with E-state index >= 15 is 0 Å². The summed E-state index contributed by atoms with van der Waals surface area (Å²) in [6.07, 6.45) is 7.37. The molecule has 6 nitrogen and oxygen atoms in total. The van der Waals surface area contributed by atoms with Crippen LogP contribution in [0.25, 0.3) is 11.4 Å². The van der Waals surface area contributed by atoms with Crippen LogP contribution < -0.4 is 14.8 Å². The highest BCUT2D eigenvalue weighted by molar-refractivity contribution is 5.95. The van der Waals surface area contributed by atoms with Gasteiger partial charge in [-0.1, -0.05) is 37.5 Å². The number of amides is 1. The van der Waals surface area contributed by atoms with Crippen LogP contribution in [-0.4, -0.2) is 29.0 Å². The average molecular weight is 403 g/mol. The molecule has 0 aliphatic heterocycles. The molecule has 4 rings (SSSR count). The lowest BCUT2D eigenvalue weighted by atomic mass is 9.95. The van der Waals surface area contributed by atoms with Gasteiger partial charge in [-0.05, 0) is 37.1 Å². The number of aromatic nitrogens is 2. The van der Waals surface area contributed by atoms with Crippen molar-refractivity contribution >= 4 is 5.91 Å². The van der Waals surface area contributed by atoms with E-state index in [1.165, 1.54) is 19.3 Å². The van der Waals surface area contributed by atoms with Crippen molar-refractivity contribution in [2.45, 2.75) is 38.1 Å². The molecule has 0 spiro atoms. The van der Waals surface area contributed by atoms with Crippen LogP contribution in [0, 0.1) is 0 Å². The zero-order valence-corrected chi connectivity index (χ0v) is 17.0. The summed E-state index contributed by atoms with van der Waals surface area (Å²) in [5, 5.41) is 3.15. The topological polar surface area (TPSA) is 73.3 Å². The monoisotopic (exact) mass is 403 g/mol. The Morgan fingerprint density at radius 2 is 1.80 bits per heavy atom. The lowest BCUT2D eigenvalue weighted by molar-refractivity contribution is 0.0927. The molecule has 30 heavy (non-hydrogen) atoms. The highest BCUT2D eigenvalue weighted by Gasteiger charge is 2.17. The van der Waals surface area contributed by atoms with Crippen molar-refractivity contribution in [2.24, 2.45) is 0 Å². The Bertz CT molecular complexity index is 1020. The van der Waals surface area contributed by atoms with Crippen molar-refractivity contribution in [3.63, 3.8) is 0 Å². The first-order valence-electron chi connectivity index (χ1n) is 10.3. The molecule has 1 amide bonds. The lowest BCUT2D eigenvalue weighted by Crippen LogP contribution is -2.36. The zero-order valence-electron chi connectivity index (χ0n) is 17.0. The van der Waals surface area contributed by atoms with Gasteiger partial charge in [0, 0.05) is 35.5 Å². The highest BCUT2D eigenvalue weighted by Crippen LogP contribution is 2.26. The molecular formula is C24H25N3O3. The molecule has 1 fully saturated rings. The van der Waals surface area contributed by atoms with Crippen LogP contribution in [0.3, 0.4) is 0 Å². The maximum atomic E-state index is 12.7. The molecule has 0 unspecified atom stereocenters. The van der Waals surface area contributed by atoms with Gasteiger partial charge in [-0.25, -0.2) is 4.98 Å². The van der Waals surface area contributed by atoms with Gasteiger partial charge >= 0.3 is 0 Å². The smallest absolute Gasteiger partial charge is 0.251 e. The molecule has 154 valence electrons. The molecular weight excluding hydrogens is 378 g/mol. The van der Waals surface area contributed by atoms with Crippen molar-refractivity contribution < 1.29 is 14.3 Å². The van der Waals surface area contributed by atoms with E-state index in [0.717, 1.165) is 18.4 Å². The SMILES string of the molecule is COc1cccc(Oc2ccnc(-c3cccc(C(=O)NC4CCCCC4)c3)n2)c1. The standard InChI is InChI=1S/C24H25N3O3/c1-29-20-11-6-12-21(16-20)30-22-13-14-25-23(27-22)17-7-5-8-18(15-17)24(28)26-19-9-3-2-4-10-19/h5-8,11-16,19H,2-4,9-10H2,1H3,(H,26,28). The van der Waals surface area contributed by atoms with Crippen LogP contribution in [0.2, 0.25) is 0 Å². The summed E-state index contributed by atoms with van der Waals surface area (Å²) in [5.74, 6) is 2.21. The summed E-state index contributed by atoms with van der Waals surface area (Å²) >= 11 is 0. The summed E-state index contributed by atoms with van der Waals surface area (Å²) < 4.78 is 11.1. The Morgan fingerprint density at radius 1 is 1.00 bits per heavy atom. The van der Waals surface area contributed by atoms with Gasteiger partial charge in [-0.15, -0.1) is 0 Å². The van der Waals surface area contributed by atoms with Gasteiger partial charge in [0.25, 0.3) is 5.91 Å². The fourth-order valence-corrected chi connectivity index (χ4v) is 3.64. The first-order chi connectivity index (χ1) is 14.7. The molecule has 1 aliphatic carbocycles. The molecule has 1 N–H and O–H groups in total. The summed E-state index contributed by atoms with van der Waals surface area (Å²) in [5.41, 5.74) is 1.38. The molecule has 0 saturated heterocycles. The first kappa shape index (κ1) is 19.9. The van der Waals surface area contributed by atoms with Crippen LogP contribution >= 0.6 is 0 Å². The van der Waals surface area contributed by atoms with E-state index < -0.39 is 0 Å². The molecule has 0 atom stereocenters. The van der Waals surface area contributed by atoms with Crippen molar-refractivity contribution in [3.8, 4) is 28.8 Å². The van der Waals surface area contributed by atoms with E-state index in [1.807, 2.05) is 42.5 Å². The van der Waals surface area contributed by atoms with Gasteiger partial charge < -0.3 is 14.8 Å². The van der Waals surface area contributed by atoms with Gasteiger partial charge in [-0.2, -0.15) is 4.98 Å². The van der Waals surface area contributed by atoms with Crippen LogP contribution in [0.15, 0.2) is 60.8 Å². The molecule has 3 aromatic rings. The predicted molar refractivity (Wildman–Crippen MR) is 115 cm³/mol. The second-order valence-electron chi connectivity index (χ2n) is 7.39. The van der Waals surface area contributed by atoms with Crippen LogP contribution in [0.1, 0.15) is 42.5 Å². The van der Waals surface area contributed by atoms with Crippen molar-refractivity contribution in [3.05, 3.63) is 66.4 Å². The van der Waals surface area contributed by atoms with E-state index in [4.69, 9.17) is 9.47 Å². The molecule has 1 aromatic heterocycles. The van der Waals surface area contributed by atoms with Gasteiger partial charge in [0.2, 0.25) is 5.88 Å². The summed E-state index contributed by atoms with van der Waals surface area (Å²) in [6, 6.07) is 16.7. The molecule has 2 aromatic carbocycles. The number of carbonyl (C=O) groups is 1. The first-order valence-corrected chi connectivity index (χ1v) is 10.3. The van der Waals surface area contributed by atoms with E-state index in [0.29, 0.717) is 28.8 Å². The largest absolute Gasteiger partial charge is 0.497 e. The van der Waals surface area contributed by atoms with Crippen LogP contribution in [0.5, 0.6) is 17.4 Å². The van der Waals surface area contributed by atoms with E-state index in [-0.39, 0.29) is 11.9 Å². The van der Waals surface area contributed by atoms with Crippen LogP contribution in [0.4, 0.5) is 0 Å². The lowest BCUT2D eigenvalue weighted by Gasteiger charge is -2.22. The summed E-state index contributed by atoms with van der Waals surface area (Å²) in [6.45, 7) is 0. The number of rotatable bonds is 6. The van der Waals surface area contributed by atoms with Crippen molar-refractivity contribution in [1.29, 1.82) is 0 Å². The number of hydrogen-bond donors (Lipinski definition) is 1. The van der Waals surface area contributed by atoms with E-state index in [2.05, 4.69) is 15.3 Å². The molecule has 0 bridgehead atoms. The third kappa shape index (κ3) is 4.95. The third-order valence-corrected chi connectivity index (χ3v) is 5.22. The normalized spacial score (nSPS) is 14.2. The zero-order chi connectivity index (χ0) is 20.8. The number of benzene rings is 2. The Morgan fingerprint density at radius 3 is 2.63 bits per heavy atom.